The molecule has 0 fully saturated rings. The van der Waals surface area contributed by atoms with Gasteiger partial charge in [0.1, 0.15) is 22.7 Å². The number of esters is 3. The quantitative estimate of drug-likeness (QED) is 0.0935. The van der Waals surface area contributed by atoms with Crippen LogP contribution in [0.25, 0.3) is 0 Å². The third-order valence-corrected chi connectivity index (χ3v) is 7.51. The number of benzene rings is 2. The molecule has 0 aliphatic carbocycles. The SMILES string of the molecule is COC(=O)c1cc(OCCc2ccc(NC(=O)OC(C)(C)C)cc2)cc(C(=O)OC)n1.COC(=O)c1cc(OCCc2ccc(NC(=O)OC(C)(C)C)cc2)cc(CO)n1.[B].[H-].[Na+]. The van der Waals surface area contributed by atoms with Crippen molar-refractivity contribution in [2.45, 2.75) is 72.2 Å². The van der Waals surface area contributed by atoms with Crippen LogP contribution in [0.4, 0.5) is 21.0 Å². The average Bonchev–Trinajstić information content (AvgIpc) is 3.19. The molecule has 0 aliphatic rings. The molecule has 4 aromatic rings. The first-order chi connectivity index (χ1) is 28.3. The molecule has 327 valence electrons. The van der Waals surface area contributed by atoms with E-state index in [0.717, 1.165) is 11.1 Å². The number of aliphatic hydroxyl groups is 1. The first-order valence-corrected chi connectivity index (χ1v) is 18.6. The molecule has 0 saturated heterocycles. The van der Waals surface area contributed by atoms with E-state index in [9.17, 15) is 29.1 Å². The summed E-state index contributed by atoms with van der Waals surface area (Å²) in [4.78, 5) is 66.7. The molecule has 17 nitrogen and oxygen atoms in total. The number of rotatable bonds is 14. The Labute approximate surface area is 386 Å². The molecule has 4 rings (SSSR count). The van der Waals surface area contributed by atoms with Crippen LogP contribution in [-0.4, -0.2) is 99.3 Å². The molecule has 2 amide bonds. The summed E-state index contributed by atoms with van der Waals surface area (Å²) in [6.07, 6.45) is 0.129. The number of hydrogen-bond donors (Lipinski definition) is 3. The fourth-order valence-corrected chi connectivity index (χ4v) is 4.87. The number of aromatic nitrogens is 2. The Kier molecular flexibility index (Phi) is 22.7. The van der Waals surface area contributed by atoms with Gasteiger partial charge in [0.2, 0.25) is 0 Å². The summed E-state index contributed by atoms with van der Waals surface area (Å²) in [5, 5.41) is 14.6. The summed E-state index contributed by atoms with van der Waals surface area (Å²) in [5.41, 5.74) is 2.36. The van der Waals surface area contributed by atoms with Crippen molar-refractivity contribution >= 4 is 49.9 Å². The largest absolute Gasteiger partial charge is 1.00 e. The molecule has 19 heteroatoms. The molecule has 3 radical (unpaired) electrons. The van der Waals surface area contributed by atoms with Crippen molar-refractivity contribution in [1.82, 2.24) is 9.97 Å². The Morgan fingerprint density at radius 1 is 0.581 bits per heavy atom. The van der Waals surface area contributed by atoms with Gasteiger partial charge in [-0.1, -0.05) is 24.3 Å². The minimum atomic E-state index is -0.691. The molecule has 0 bridgehead atoms. The second kappa shape index (κ2) is 25.9. The molecule has 0 atom stereocenters. The minimum absolute atomic E-state index is 0. The summed E-state index contributed by atoms with van der Waals surface area (Å²) in [7, 11) is 3.70. The van der Waals surface area contributed by atoms with Gasteiger partial charge in [-0.25, -0.2) is 33.9 Å². The van der Waals surface area contributed by atoms with Crippen molar-refractivity contribution in [2.24, 2.45) is 0 Å². The van der Waals surface area contributed by atoms with Gasteiger partial charge in [-0.3, -0.25) is 10.6 Å². The van der Waals surface area contributed by atoms with E-state index >= 15 is 0 Å². The van der Waals surface area contributed by atoms with E-state index in [4.69, 9.17) is 18.9 Å². The number of amides is 2. The topological polar surface area (TPSA) is 220 Å². The molecule has 62 heavy (non-hydrogen) atoms. The standard InChI is InChI=1S/C22H26N2O7.C21H26N2O6.B.Na.H/c1-22(2,3)31-21(27)23-15-8-6-14(7-9-15)10-11-30-16-12-17(19(25)28-4)24-18(13-16)20(26)29-5;1-21(2,3)29-20(26)23-15-7-5-14(6-8-15)9-10-28-17-11-16(13-24)22-18(12-17)19(25)27-4;;;/h6-9,12-13H,10-11H2,1-5H3,(H,23,27);5-8,11-12,24H,9-10,13H2,1-4H3,(H,23,26);;;/q;;;+1;-1. The van der Waals surface area contributed by atoms with Crippen LogP contribution >= 0.6 is 0 Å². The normalized spacial score (nSPS) is 10.5. The number of methoxy groups -OCH3 is 3. The molecule has 0 saturated carbocycles. The van der Waals surface area contributed by atoms with Crippen LogP contribution in [0.3, 0.4) is 0 Å². The molecular weight excluding hydrogens is 814 g/mol. The van der Waals surface area contributed by atoms with Gasteiger partial charge in [0.05, 0.1) is 46.8 Å². The van der Waals surface area contributed by atoms with Crippen LogP contribution in [0.15, 0.2) is 72.8 Å². The summed E-state index contributed by atoms with van der Waals surface area (Å²) < 4.78 is 35.8. The molecule has 2 aromatic carbocycles. The fourth-order valence-electron chi connectivity index (χ4n) is 4.87. The number of nitrogens with one attached hydrogen (secondary N) is 2. The molecule has 0 unspecified atom stereocenters. The van der Waals surface area contributed by atoms with E-state index in [-0.39, 0.29) is 69.7 Å². The number of ether oxygens (including phenoxy) is 7. The van der Waals surface area contributed by atoms with E-state index in [2.05, 4.69) is 34.8 Å². The Morgan fingerprint density at radius 2 is 0.919 bits per heavy atom. The predicted molar refractivity (Wildman–Crippen MR) is 226 cm³/mol. The van der Waals surface area contributed by atoms with E-state index < -0.39 is 41.3 Å². The van der Waals surface area contributed by atoms with Crippen LogP contribution in [-0.2, 0) is 43.1 Å². The molecular formula is C43H53BN4NaO13. The molecule has 2 heterocycles. The number of aliphatic hydroxyl groups excluding tert-OH is 1. The van der Waals surface area contributed by atoms with Gasteiger partial charge in [0, 0.05) is 56.9 Å². The average molecular weight is 868 g/mol. The summed E-state index contributed by atoms with van der Waals surface area (Å²) in [6.45, 7) is 11.1. The van der Waals surface area contributed by atoms with Gasteiger partial charge in [0.25, 0.3) is 0 Å². The van der Waals surface area contributed by atoms with E-state index in [1.54, 1.807) is 71.9 Å². The maximum Gasteiger partial charge on any atom is 1.00 e. The van der Waals surface area contributed by atoms with Crippen LogP contribution in [0.1, 0.15) is 91.3 Å². The third kappa shape index (κ3) is 19.8. The monoisotopic (exact) mass is 867 g/mol. The second-order valence-corrected chi connectivity index (χ2v) is 14.7. The van der Waals surface area contributed by atoms with Crippen molar-refractivity contribution in [3.8, 4) is 11.5 Å². The second-order valence-electron chi connectivity index (χ2n) is 14.7. The van der Waals surface area contributed by atoms with E-state index in [1.807, 2.05) is 24.3 Å². The van der Waals surface area contributed by atoms with Gasteiger partial charge in [-0.15, -0.1) is 0 Å². The van der Waals surface area contributed by atoms with Crippen molar-refractivity contribution < 1.29 is 93.2 Å². The van der Waals surface area contributed by atoms with Crippen molar-refractivity contribution in [3.05, 3.63) is 107 Å². The third-order valence-electron chi connectivity index (χ3n) is 7.51. The first-order valence-electron chi connectivity index (χ1n) is 18.6. The van der Waals surface area contributed by atoms with Gasteiger partial charge < -0.3 is 39.7 Å². The first kappa shape index (κ1) is 54.3. The molecule has 3 N–H and O–H groups in total. The van der Waals surface area contributed by atoms with Crippen LogP contribution < -0.4 is 49.7 Å². The maximum atomic E-state index is 11.8. The Bertz CT molecular complexity index is 2060. The molecule has 0 spiro atoms. The van der Waals surface area contributed by atoms with Crippen molar-refractivity contribution in [1.29, 1.82) is 0 Å². The number of anilines is 2. The van der Waals surface area contributed by atoms with Crippen molar-refractivity contribution in [2.75, 3.05) is 45.2 Å². The zero-order valence-corrected chi connectivity index (χ0v) is 38.8. The maximum absolute atomic E-state index is 11.8. The number of nitrogens with zero attached hydrogens (tertiary/aromatic N) is 2. The molecule has 0 aliphatic heterocycles. The van der Waals surface area contributed by atoms with Gasteiger partial charge in [-0.05, 0) is 76.9 Å². The number of hydrogen-bond acceptors (Lipinski definition) is 15. The predicted octanol–water partition coefficient (Wildman–Crippen LogP) is 3.69. The zero-order valence-electron chi connectivity index (χ0n) is 37.8. The molecule has 2 aromatic heterocycles. The van der Waals surface area contributed by atoms with Crippen molar-refractivity contribution in [3.63, 3.8) is 0 Å². The summed E-state index contributed by atoms with van der Waals surface area (Å²) in [6, 6.07) is 20.4. The van der Waals surface area contributed by atoms with Crippen LogP contribution in [0.2, 0.25) is 0 Å². The summed E-state index contributed by atoms with van der Waals surface area (Å²) in [5.74, 6) is -1.27. The van der Waals surface area contributed by atoms with Gasteiger partial charge in [0.15, 0.2) is 17.1 Å². The van der Waals surface area contributed by atoms with E-state index in [1.165, 1.54) is 39.5 Å². The van der Waals surface area contributed by atoms with Gasteiger partial charge in [-0.2, -0.15) is 0 Å². The van der Waals surface area contributed by atoms with Crippen LogP contribution in [0, 0.1) is 0 Å². The number of carbonyl (C=O) groups excluding carboxylic acids is 5. The zero-order chi connectivity index (χ0) is 44.5. The van der Waals surface area contributed by atoms with E-state index in [0.29, 0.717) is 48.0 Å². The fraction of sp³-hybridized carbons (Fsp3) is 0.372. The Balaban J connectivity index is 0.00000117. The smallest absolute Gasteiger partial charge is 1.00 e. The summed E-state index contributed by atoms with van der Waals surface area (Å²) >= 11 is 0. The Hall–Kier alpha value is -5.69. The number of carbonyl (C=O) groups is 5. The van der Waals surface area contributed by atoms with Gasteiger partial charge >= 0.3 is 59.7 Å². The minimum Gasteiger partial charge on any atom is -1.00 e. The number of pyridine rings is 2. The van der Waals surface area contributed by atoms with Crippen LogP contribution in [0.5, 0.6) is 11.5 Å². The Morgan fingerprint density at radius 3 is 1.24 bits per heavy atom.